The fourth-order valence-corrected chi connectivity index (χ4v) is 3.13. The van der Waals surface area contributed by atoms with E-state index in [-0.39, 0.29) is 18.7 Å². The molecule has 128 valence electrons. The van der Waals surface area contributed by atoms with Crippen LogP contribution in [0.4, 0.5) is 4.79 Å². The van der Waals surface area contributed by atoms with Crippen molar-refractivity contribution in [1.29, 1.82) is 0 Å². The molecule has 0 radical (unpaired) electrons. The second-order valence-electron chi connectivity index (χ2n) is 6.16. The molecule has 2 unspecified atom stereocenters. The van der Waals surface area contributed by atoms with E-state index in [0.29, 0.717) is 17.9 Å². The molecule has 2 atom stereocenters. The molecule has 0 saturated carbocycles. The lowest BCUT2D eigenvalue weighted by Crippen LogP contribution is -2.45. The van der Waals surface area contributed by atoms with Crippen molar-refractivity contribution in [1.82, 2.24) is 10.6 Å². The van der Waals surface area contributed by atoms with E-state index in [9.17, 15) is 9.59 Å². The maximum absolute atomic E-state index is 12.6. The molecule has 2 amide bonds. The predicted octanol–water partition coefficient (Wildman–Crippen LogP) is 2.35. The summed E-state index contributed by atoms with van der Waals surface area (Å²) in [5, 5.41) is 5.48. The fourth-order valence-electron chi connectivity index (χ4n) is 3.13. The highest BCUT2D eigenvalue weighted by molar-refractivity contribution is 5.95. The molecule has 0 aromatic heterocycles. The second-order valence-corrected chi connectivity index (χ2v) is 6.16. The Hall–Kier alpha value is -2.34. The summed E-state index contributed by atoms with van der Waals surface area (Å²) in [5.74, 6) is -0.427. The molecule has 2 aliphatic rings. The number of esters is 1. The van der Waals surface area contributed by atoms with Crippen molar-refractivity contribution in [2.24, 2.45) is 0 Å². The Morgan fingerprint density at radius 2 is 2.12 bits per heavy atom. The maximum atomic E-state index is 12.6. The van der Waals surface area contributed by atoms with Gasteiger partial charge in [0.15, 0.2) is 0 Å². The summed E-state index contributed by atoms with van der Waals surface area (Å²) in [6.45, 7) is 4.62. The fraction of sp³-hybridized carbons (Fsp3) is 0.444. The number of hydrogen-bond acceptors (Lipinski definition) is 4. The van der Waals surface area contributed by atoms with Gasteiger partial charge in [-0.05, 0) is 37.8 Å². The van der Waals surface area contributed by atoms with Crippen LogP contribution in [0, 0.1) is 6.92 Å². The first-order chi connectivity index (χ1) is 11.6. The van der Waals surface area contributed by atoms with Crippen molar-refractivity contribution in [3.05, 3.63) is 46.7 Å². The summed E-state index contributed by atoms with van der Waals surface area (Å²) in [4.78, 5) is 24.5. The van der Waals surface area contributed by atoms with E-state index in [1.807, 2.05) is 31.2 Å². The zero-order chi connectivity index (χ0) is 17.1. The van der Waals surface area contributed by atoms with E-state index in [0.717, 1.165) is 24.0 Å². The summed E-state index contributed by atoms with van der Waals surface area (Å²) in [6.07, 6.45) is 1.87. The van der Waals surface area contributed by atoms with E-state index in [4.69, 9.17) is 9.47 Å². The lowest BCUT2D eigenvalue weighted by atomic mass is 9.92. The summed E-state index contributed by atoms with van der Waals surface area (Å²) < 4.78 is 10.9. The summed E-state index contributed by atoms with van der Waals surface area (Å²) in [7, 11) is 0. The van der Waals surface area contributed by atoms with Gasteiger partial charge < -0.3 is 20.1 Å². The molecule has 24 heavy (non-hydrogen) atoms. The van der Waals surface area contributed by atoms with Gasteiger partial charge in [0.05, 0.1) is 17.7 Å². The van der Waals surface area contributed by atoms with Gasteiger partial charge in [-0.1, -0.05) is 24.3 Å². The van der Waals surface area contributed by atoms with Crippen molar-refractivity contribution < 1.29 is 19.1 Å². The van der Waals surface area contributed by atoms with E-state index in [2.05, 4.69) is 10.6 Å². The van der Waals surface area contributed by atoms with E-state index < -0.39 is 12.0 Å². The normalized spacial score (nSPS) is 23.7. The zero-order valence-electron chi connectivity index (χ0n) is 13.9. The lowest BCUT2D eigenvalue weighted by molar-refractivity contribution is -0.142. The number of ether oxygens (including phenoxy) is 2. The number of amides is 2. The second kappa shape index (κ2) is 7.05. The van der Waals surface area contributed by atoms with Crippen LogP contribution >= 0.6 is 0 Å². The molecule has 3 rings (SSSR count). The first kappa shape index (κ1) is 16.5. The Kier molecular flexibility index (Phi) is 4.85. The number of urea groups is 1. The number of allylic oxidation sites excluding steroid dienone is 1. The van der Waals surface area contributed by atoms with Crippen LogP contribution in [-0.4, -0.2) is 31.3 Å². The van der Waals surface area contributed by atoms with Gasteiger partial charge in [0.1, 0.15) is 6.61 Å². The average Bonchev–Trinajstić information content (AvgIpc) is 3.06. The Labute approximate surface area is 141 Å². The number of benzene rings is 1. The Balaban J connectivity index is 1.83. The Morgan fingerprint density at radius 3 is 2.83 bits per heavy atom. The van der Waals surface area contributed by atoms with Crippen LogP contribution in [0.15, 0.2) is 35.5 Å². The van der Waals surface area contributed by atoms with Gasteiger partial charge in [0.2, 0.25) is 0 Å². The van der Waals surface area contributed by atoms with Gasteiger partial charge in [-0.2, -0.15) is 0 Å². The van der Waals surface area contributed by atoms with Crippen molar-refractivity contribution in [3.8, 4) is 0 Å². The number of hydrogen-bond donors (Lipinski definition) is 2. The number of carbonyl (C=O) groups is 2. The van der Waals surface area contributed by atoms with Crippen molar-refractivity contribution in [3.63, 3.8) is 0 Å². The molecule has 0 bridgehead atoms. The molecule has 1 aromatic carbocycles. The average molecular weight is 330 g/mol. The van der Waals surface area contributed by atoms with E-state index >= 15 is 0 Å². The third-order valence-corrected chi connectivity index (χ3v) is 4.41. The number of rotatable bonds is 4. The minimum absolute atomic E-state index is 0.0297. The third kappa shape index (κ3) is 3.43. The molecular formula is C18H22N2O4. The van der Waals surface area contributed by atoms with Gasteiger partial charge in [0.25, 0.3) is 0 Å². The van der Waals surface area contributed by atoms with Gasteiger partial charge in [-0.25, -0.2) is 9.59 Å². The van der Waals surface area contributed by atoms with Crippen LogP contribution in [0.3, 0.4) is 0 Å². The molecule has 1 fully saturated rings. The minimum Gasteiger partial charge on any atom is -0.459 e. The number of aryl methyl sites for hydroxylation is 1. The first-order valence-electron chi connectivity index (χ1n) is 8.19. The summed E-state index contributed by atoms with van der Waals surface area (Å²) >= 11 is 0. The summed E-state index contributed by atoms with van der Waals surface area (Å²) in [5.41, 5.74) is 2.84. The standard InChI is InChI=1S/C18H22N2O4/c1-11-6-3-4-8-14(11)16-15(12(2)19-18(22)20-16)17(21)24-10-13-7-5-9-23-13/h3-4,6,8,13,16H,5,7,9-10H2,1-2H3,(H2,19,20,22). The highest BCUT2D eigenvalue weighted by Gasteiger charge is 2.33. The number of nitrogens with one attached hydrogen (secondary N) is 2. The smallest absolute Gasteiger partial charge is 0.338 e. The first-order valence-corrected chi connectivity index (χ1v) is 8.19. The predicted molar refractivity (Wildman–Crippen MR) is 88.2 cm³/mol. The molecular weight excluding hydrogens is 308 g/mol. The monoisotopic (exact) mass is 330 g/mol. The molecule has 6 heteroatoms. The lowest BCUT2D eigenvalue weighted by Gasteiger charge is -2.29. The van der Waals surface area contributed by atoms with Crippen molar-refractivity contribution in [2.75, 3.05) is 13.2 Å². The highest BCUT2D eigenvalue weighted by Crippen LogP contribution is 2.29. The zero-order valence-corrected chi connectivity index (χ0v) is 13.9. The van der Waals surface area contributed by atoms with Gasteiger partial charge >= 0.3 is 12.0 Å². The number of carbonyl (C=O) groups excluding carboxylic acids is 2. The molecule has 2 heterocycles. The van der Waals surface area contributed by atoms with E-state index in [1.54, 1.807) is 6.92 Å². The van der Waals surface area contributed by atoms with Gasteiger partial charge in [-0.3, -0.25) is 0 Å². The molecule has 2 N–H and O–H groups in total. The maximum Gasteiger partial charge on any atom is 0.338 e. The Bertz CT molecular complexity index is 677. The molecule has 1 aromatic rings. The topological polar surface area (TPSA) is 76.7 Å². The largest absolute Gasteiger partial charge is 0.459 e. The van der Waals surface area contributed by atoms with Crippen molar-refractivity contribution >= 4 is 12.0 Å². The SMILES string of the molecule is CC1=C(C(=O)OCC2CCCO2)C(c2ccccc2C)NC(=O)N1. The van der Waals surface area contributed by atoms with Crippen LogP contribution in [0.1, 0.15) is 36.9 Å². The molecule has 1 saturated heterocycles. The molecule has 0 spiro atoms. The van der Waals surface area contributed by atoms with Gasteiger partial charge in [0, 0.05) is 12.3 Å². The van der Waals surface area contributed by atoms with Crippen LogP contribution < -0.4 is 10.6 Å². The van der Waals surface area contributed by atoms with Crippen LogP contribution in [-0.2, 0) is 14.3 Å². The molecule has 6 nitrogen and oxygen atoms in total. The minimum atomic E-state index is -0.517. The van der Waals surface area contributed by atoms with E-state index in [1.165, 1.54) is 0 Å². The third-order valence-electron chi connectivity index (χ3n) is 4.41. The van der Waals surface area contributed by atoms with Crippen LogP contribution in [0.2, 0.25) is 0 Å². The van der Waals surface area contributed by atoms with Crippen LogP contribution in [0.5, 0.6) is 0 Å². The molecule has 0 aliphatic carbocycles. The molecule has 2 aliphatic heterocycles. The highest BCUT2D eigenvalue weighted by atomic mass is 16.6. The summed E-state index contributed by atoms with van der Waals surface area (Å²) in [6, 6.07) is 6.84. The van der Waals surface area contributed by atoms with Gasteiger partial charge in [-0.15, -0.1) is 0 Å². The van der Waals surface area contributed by atoms with Crippen molar-refractivity contribution in [2.45, 2.75) is 38.8 Å². The quantitative estimate of drug-likeness (QED) is 0.831. The Morgan fingerprint density at radius 1 is 1.33 bits per heavy atom. The van der Waals surface area contributed by atoms with Crippen LogP contribution in [0.25, 0.3) is 0 Å².